The van der Waals surface area contributed by atoms with Gasteiger partial charge in [0.05, 0.1) is 31.8 Å². The minimum absolute atomic E-state index is 0.207. The van der Waals surface area contributed by atoms with E-state index < -0.39 is 0 Å². The Morgan fingerprint density at radius 3 is 3.11 bits per heavy atom. The summed E-state index contributed by atoms with van der Waals surface area (Å²) < 4.78 is 9.65. The highest BCUT2D eigenvalue weighted by atomic mass is 32.1. The standard InChI is InChI=1S/C13H16N2O3S/c1-15(7-10-5-6-18-8-10)13-14-11(9-19-13)3-4-12(16)17-2/h5-6,8-9H,3-4,7H2,1-2H3. The third-order valence-corrected chi connectivity index (χ3v) is 3.68. The first kappa shape index (κ1) is 13.6. The van der Waals surface area contributed by atoms with Crippen LogP contribution in [0.5, 0.6) is 0 Å². The molecule has 0 radical (unpaired) electrons. The second kappa shape index (κ2) is 6.38. The number of furan rings is 1. The number of carbonyl (C=O) groups excluding carboxylic acids is 1. The van der Waals surface area contributed by atoms with Crippen molar-refractivity contribution in [1.82, 2.24) is 4.98 Å². The summed E-state index contributed by atoms with van der Waals surface area (Å²) in [4.78, 5) is 17.6. The van der Waals surface area contributed by atoms with Gasteiger partial charge in [-0.1, -0.05) is 0 Å². The first-order chi connectivity index (χ1) is 9.19. The second-order valence-electron chi connectivity index (χ2n) is 4.19. The van der Waals surface area contributed by atoms with E-state index in [1.165, 1.54) is 7.11 Å². The largest absolute Gasteiger partial charge is 0.472 e. The lowest BCUT2D eigenvalue weighted by atomic mass is 10.2. The molecule has 0 aliphatic carbocycles. The molecule has 2 heterocycles. The highest BCUT2D eigenvalue weighted by molar-refractivity contribution is 7.13. The highest BCUT2D eigenvalue weighted by Crippen LogP contribution is 2.21. The van der Waals surface area contributed by atoms with Crippen molar-refractivity contribution >= 4 is 22.4 Å². The number of aryl methyl sites for hydroxylation is 1. The lowest BCUT2D eigenvalue weighted by Gasteiger charge is -2.13. The summed E-state index contributed by atoms with van der Waals surface area (Å²) >= 11 is 1.57. The fourth-order valence-electron chi connectivity index (χ4n) is 1.64. The van der Waals surface area contributed by atoms with Crippen LogP contribution in [0.3, 0.4) is 0 Å². The van der Waals surface area contributed by atoms with E-state index in [1.54, 1.807) is 23.9 Å². The van der Waals surface area contributed by atoms with Crippen LogP contribution in [0.15, 0.2) is 28.4 Å². The van der Waals surface area contributed by atoms with Crippen molar-refractivity contribution in [2.75, 3.05) is 19.1 Å². The maximum atomic E-state index is 11.1. The Kier molecular flexibility index (Phi) is 4.57. The molecule has 0 aromatic carbocycles. The number of hydrogen-bond acceptors (Lipinski definition) is 6. The Morgan fingerprint density at radius 2 is 2.42 bits per heavy atom. The van der Waals surface area contributed by atoms with E-state index >= 15 is 0 Å². The molecule has 0 amide bonds. The monoisotopic (exact) mass is 280 g/mol. The van der Waals surface area contributed by atoms with Crippen LogP contribution >= 0.6 is 11.3 Å². The van der Waals surface area contributed by atoms with Gasteiger partial charge in [0, 0.05) is 31.0 Å². The van der Waals surface area contributed by atoms with E-state index in [0.717, 1.165) is 22.9 Å². The van der Waals surface area contributed by atoms with Gasteiger partial charge in [-0.15, -0.1) is 11.3 Å². The number of methoxy groups -OCH3 is 1. The van der Waals surface area contributed by atoms with Crippen LogP contribution in [0.4, 0.5) is 5.13 Å². The lowest BCUT2D eigenvalue weighted by Crippen LogP contribution is -2.15. The molecule has 19 heavy (non-hydrogen) atoms. The summed E-state index contributed by atoms with van der Waals surface area (Å²) in [5, 5.41) is 2.91. The zero-order valence-electron chi connectivity index (χ0n) is 11.0. The van der Waals surface area contributed by atoms with Crippen LogP contribution in [0.25, 0.3) is 0 Å². The van der Waals surface area contributed by atoms with Gasteiger partial charge in [0.2, 0.25) is 0 Å². The van der Waals surface area contributed by atoms with E-state index in [0.29, 0.717) is 12.8 Å². The van der Waals surface area contributed by atoms with Gasteiger partial charge in [-0.3, -0.25) is 4.79 Å². The maximum absolute atomic E-state index is 11.1. The molecular formula is C13H16N2O3S. The molecule has 0 unspecified atom stereocenters. The number of rotatable bonds is 6. The van der Waals surface area contributed by atoms with Gasteiger partial charge in [0.1, 0.15) is 0 Å². The van der Waals surface area contributed by atoms with Gasteiger partial charge in [0.25, 0.3) is 0 Å². The zero-order chi connectivity index (χ0) is 13.7. The molecule has 0 spiro atoms. The molecule has 102 valence electrons. The van der Waals surface area contributed by atoms with Gasteiger partial charge in [-0.05, 0) is 6.07 Å². The van der Waals surface area contributed by atoms with Crippen LogP contribution < -0.4 is 4.90 Å². The molecule has 0 atom stereocenters. The number of ether oxygens (including phenoxy) is 1. The van der Waals surface area contributed by atoms with Crippen LogP contribution in [0, 0.1) is 0 Å². The first-order valence-electron chi connectivity index (χ1n) is 5.92. The van der Waals surface area contributed by atoms with Gasteiger partial charge < -0.3 is 14.1 Å². The molecule has 0 saturated carbocycles. The van der Waals surface area contributed by atoms with E-state index in [1.807, 2.05) is 18.5 Å². The van der Waals surface area contributed by atoms with Crippen molar-refractivity contribution in [3.05, 3.63) is 35.2 Å². The number of hydrogen-bond donors (Lipinski definition) is 0. The van der Waals surface area contributed by atoms with E-state index in [9.17, 15) is 4.79 Å². The Morgan fingerprint density at radius 1 is 1.58 bits per heavy atom. The minimum Gasteiger partial charge on any atom is -0.472 e. The summed E-state index contributed by atoms with van der Waals surface area (Å²) in [5.74, 6) is -0.207. The van der Waals surface area contributed by atoms with Gasteiger partial charge in [-0.25, -0.2) is 4.98 Å². The normalized spacial score (nSPS) is 10.4. The molecule has 2 aromatic rings. The van der Waals surface area contributed by atoms with E-state index in [4.69, 9.17) is 4.42 Å². The second-order valence-corrected chi connectivity index (χ2v) is 5.02. The van der Waals surface area contributed by atoms with Crippen LogP contribution in [-0.4, -0.2) is 25.1 Å². The van der Waals surface area contributed by atoms with Crippen LogP contribution in [-0.2, 0) is 22.5 Å². The molecule has 6 heteroatoms. The van der Waals surface area contributed by atoms with E-state index in [2.05, 4.69) is 14.6 Å². The molecule has 0 fully saturated rings. The lowest BCUT2D eigenvalue weighted by molar-refractivity contribution is -0.140. The molecule has 0 aliphatic heterocycles. The Bertz CT molecular complexity index is 522. The van der Waals surface area contributed by atoms with Crippen molar-refractivity contribution in [3.63, 3.8) is 0 Å². The molecule has 0 saturated heterocycles. The summed E-state index contributed by atoms with van der Waals surface area (Å²) in [5.41, 5.74) is 2.03. The van der Waals surface area contributed by atoms with Crippen molar-refractivity contribution in [1.29, 1.82) is 0 Å². The Labute approximate surface area is 115 Å². The number of carbonyl (C=O) groups is 1. The zero-order valence-corrected chi connectivity index (χ0v) is 11.8. The summed E-state index contributed by atoms with van der Waals surface area (Å²) in [6.45, 7) is 0.750. The van der Waals surface area contributed by atoms with Crippen LogP contribution in [0.1, 0.15) is 17.7 Å². The summed E-state index contributed by atoms with van der Waals surface area (Å²) in [6, 6.07) is 1.93. The predicted octanol–water partition coefficient (Wildman–Crippen LogP) is 2.48. The number of anilines is 1. The van der Waals surface area contributed by atoms with Gasteiger partial charge >= 0.3 is 5.97 Å². The molecule has 0 aliphatic rings. The average Bonchev–Trinajstić information content (AvgIpc) is 3.06. The quantitative estimate of drug-likeness (QED) is 0.761. The number of aromatic nitrogens is 1. The van der Waals surface area contributed by atoms with Crippen molar-refractivity contribution < 1.29 is 13.9 Å². The van der Waals surface area contributed by atoms with Gasteiger partial charge in [0.15, 0.2) is 5.13 Å². The third-order valence-electron chi connectivity index (χ3n) is 2.68. The molecule has 5 nitrogen and oxygen atoms in total. The minimum atomic E-state index is -0.207. The van der Waals surface area contributed by atoms with Crippen LogP contribution in [0.2, 0.25) is 0 Å². The predicted molar refractivity (Wildman–Crippen MR) is 73.3 cm³/mol. The Balaban J connectivity index is 1.90. The summed E-state index contributed by atoms with van der Waals surface area (Å²) in [7, 11) is 3.38. The van der Waals surface area contributed by atoms with Gasteiger partial charge in [-0.2, -0.15) is 0 Å². The fraction of sp³-hybridized carbons (Fsp3) is 0.385. The molecule has 2 aromatic heterocycles. The smallest absolute Gasteiger partial charge is 0.305 e. The topological polar surface area (TPSA) is 55.6 Å². The van der Waals surface area contributed by atoms with Crippen molar-refractivity contribution in [2.24, 2.45) is 0 Å². The average molecular weight is 280 g/mol. The van der Waals surface area contributed by atoms with Crippen molar-refractivity contribution in [2.45, 2.75) is 19.4 Å². The first-order valence-corrected chi connectivity index (χ1v) is 6.80. The molecule has 0 N–H and O–H groups in total. The third kappa shape index (κ3) is 3.82. The Hall–Kier alpha value is -1.82. The SMILES string of the molecule is COC(=O)CCc1csc(N(C)Cc2ccoc2)n1. The molecule has 0 bridgehead atoms. The molecule has 2 rings (SSSR count). The van der Waals surface area contributed by atoms with E-state index in [-0.39, 0.29) is 5.97 Å². The maximum Gasteiger partial charge on any atom is 0.305 e. The number of thiazole rings is 1. The highest BCUT2D eigenvalue weighted by Gasteiger charge is 2.09. The number of esters is 1. The summed E-state index contributed by atoms with van der Waals surface area (Å²) in [6.07, 6.45) is 4.36. The van der Waals surface area contributed by atoms with Crippen molar-refractivity contribution in [3.8, 4) is 0 Å². The number of nitrogens with zero attached hydrogens (tertiary/aromatic N) is 2. The molecular weight excluding hydrogens is 264 g/mol. The fourth-order valence-corrected chi connectivity index (χ4v) is 2.47.